The molecule has 4 atom stereocenters. The van der Waals surface area contributed by atoms with Crippen molar-refractivity contribution >= 4 is 12.7 Å². The van der Waals surface area contributed by atoms with E-state index in [-0.39, 0.29) is 17.5 Å². The second-order valence-corrected chi connectivity index (χ2v) is 10.7. The van der Waals surface area contributed by atoms with Gasteiger partial charge in [-0.05, 0) is 60.8 Å². The van der Waals surface area contributed by atoms with Crippen LogP contribution in [0.2, 0.25) is 0 Å². The molecule has 2 heterocycles. The molecule has 0 aromatic heterocycles. The highest BCUT2D eigenvalue weighted by Crippen LogP contribution is 2.76. The van der Waals surface area contributed by atoms with Gasteiger partial charge >= 0.3 is 0 Å². The van der Waals surface area contributed by atoms with Crippen LogP contribution in [0, 0.1) is 0 Å². The molecule has 2 aliphatic heterocycles. The topological polar surface area (TPSA) is 31.2 Å². The van der Waals surface area contributed by atoms with E-state index in [2.05, 4.69) is 71.0 Å². The summed E-state index contributed by atoms with van der Waals surface area (Å²) in [6, 6.07) is 18.7. The van der Waals surface area contributed by atoms with Gasteiger partial charge in [-0.3, -0.25) is 9.98 Å². The molecule has 5 aliphatic rings. The van der Waals surface area contributed by atoms with E-state index >= 15 is 0 Å². The average molecular weight is 439 g/mol. The van der Waals surface area contributed by atoms with E-state index in [9.17, 15) is 0 Å². The Morgan fingerprint density at radius 2 is 1.03 bits per heavy atom. The number of hydrogen-bond donors (Lipinski definition) is 0. The van der Waals surface area contributed by atoms with Crippen molar-refractivity contribution in [3.05, 3.63) is 70.8 Å². The van der Waals surface area contributed by atoms with Crippen LogP contribution in [0.15, 0.2) is 58.5 Å². The maximum atomic E-state index is 5.36. The second-order valence-electron chi connectivity index (χ2n) is 10.7. The van der Waals surface area contributed by atoms with Gasteiger partial charge in [0.05, 0.1) is 24.8 Å². The highest BCUT2D eigenvalue weighted by Gasteiger charge is 2.74. The van der Waals surface area contributed by atoms with Crippen molar-refractivity contribution in [2.75, 3.05) is 26.2 Å². The number of benzene rings is 2. The summed E-state index contributed by atoms with van der Waals surface area (Å²) in [7, 11) is 0. The summed E-state index contributed by atoms with van der Waals surface area (Å²) in [5, 5.41) is 0. The Morgan fingerprint density at radius 1 is 0.606 bits per heavy atom. The molecule has 3 fully saturated rings. The van der Waals surface area contributed by atoms with Gasteiger partial charge in [0, 0.05) is 43.4 Å². The predicted octanol–water partition coefficient (Wildman–Crippen LogP) is 4.95. The van der Waals surface area contributed by atoms with E-state index in [4.69, 9.17) is 9.98 Å². The monoisotopic (exact) mass is 438 g/mol. The Kier molecular flexibility index (Phi) is 4.63. The van der Waals surface area contributed by atoms with Crippen molar-refractivity contribution in [3.63, 3.8) is 0 Å². The summed E-state index contributed by atoms with van der Waals surface area (Å²) in [5.74, 6) is 0.885. The maximum absolute atomic E-state index is 5.36. The molecule has 7 rings (SSSR count). The zero-order valence-electron chi connectivity index (χ0n) is 19.4. The van der Waals surface area contributed by atoms with Crippen LogP contribution in [0.1, 0.15) is 72.6 Å². The summed E-state index contributed by atoms with van der Waals surface area (Å²) in [4.78, 5) is 15.6. The van der Waals surface area contributed by atoms with Crippen LogP contribution in [0.25, 0.3) is 0 Å². The fourth-order valence-electron chi connectivity index (χ4n) is 7.69. The number of hydrogen-bond acceptors (Lipinski definition) is 2. The van der Waals surface area contributed by atoms with Crippen LogP contribution in [-0.4, -0.2) is 60.7 Å². The fraction of sp³-hybridized carbons (Fsp3) is 0.517. The first-order valence-electron chi connectivity index (χ1n) is 13.1. The summed E-state index contributed by atoms with van der Waals surface area (Å²) in [5.41, 5.74) is 6.20. The molecule has 2 aromatic carbocycles. The summed E-state index contributed by atoms with van der Waals surface area (Å²) < 4.78 is 0. The minimum absolute atomic E-state index is 0.112. The van der Waals surface area contributed by atoms with Gasteiger partial charge in [-0.25, -0.2) is 0 Å². The zero-order chi connectivity index (χ0) is 21.8. The quantitative estimate of drug-likeness (QED) is 0.500. The van der Waals surface area contributed by atoms with Crippen LogP contribution >= 0.6 is 0 Å². The van der Waals surface area contributed by atoms with E-state index in [1.807, 2.05) is 0 Å². The lowest BCUT2D eigenvalue weighted by molar-refractivity contribution is 0.304. The van der Waals surface area contributed by atoms with Gasteiger partial charge in [0.1, 0.15) is 0 Å². The van der Waals surface area contributed by atoms with Gasteiger partial charge in [-0.2, -0.15) is 0 Å². The largest absolute Gasteiger partial charge is 0.363 e. The van der Waals surface area contributed by atoms with Crippen LogP contribution in [0.3, 0.4) is 0 Å². The molecule has 4 nitrogen and oxygen atoms in total. The van der Waals surface area contributed by atoms with Crippen LogP contribution in [0.4, 0.5) is 0 Å². The number of nitrogens with zero attached hydrogens (tertiary/aromatic N) is 4. The Bertz CT molecular complexity index is 1000. The molecule has 0 radical (unpaired) electrons. The molecule has 2 unspecified atom stereocenters. The Labute approximate surface area is 197 Å². The molecular weight excluding hydrogens is 404 g/mol. The smallest absolute Gasteiger partial charge is 0.0854 e. The lowest BCUT2D eigenvalue weighted by Gasteiger charge is -2.58. The van der Waals surface area contributed by atoms with E-state index in [1.165, 1.54) is 60.8 Å². The number of likely N-dealkylation sites (tertiary alicyclic amines) is 2. The minimum Gasteiger partial charge on any atom is -0.363 e. The van der Waals surface area contributed by atoms with Crippen molar-refractivity contribution in [1.82, 2.24) is 9.80 Å². The normalized spacial score (nSPS) is 34.4. The first-order chi connectivity index (χ1) is 16.4. The average Bonchev–Trinajstić information content (AvgIpc) is 3.07. The Balaban J connectivity index is 1.31. The number of fused-ring (bicyclic) bond motifs is 4. The first-order valence-corrected chi connectivity index (χ1v) is 13.1. The van der Waals surface area contributed by atoms with Crippen molar-refractivity contribution < 1.29 is 0 Å². The molecule has 3 aliphatic carbocycles. The van der Waals surface area contributed by atoms with Gasteiger partial charge < -0.3 is 9.80 Å². The van der Waals surface area contributed by atoms with Crippen molar-refractivity contribution in [1.29, 1.82) is 0 Å². The first kappa shape index (κ1) is 19.8. The zero-order valence-corrected chi connectivity index (χ0v) is 19.4. The highest BCUT2D eigenvalue weighted by atomic mass is 15.2. The van der Waals surface area contributed by atoms with Crippen molar-refractivity contribution in [3.8, 4) is 0 Å². The summed E-state index contributed by atoms with van der Waals surface area (Å²) in [6.07, 6.45) is 12.2. The van der Waals surface area contributed by atoms with Crippen molar-refractivity contribution in [2.24, 2.45) is 9.98 Å². The maximum Gasteiger partial charge on any atom is 0.0854 e. The third kappa shape index (κ3) is 2.76. The molecule has 2 aromatic rings. The molecule has 170 valence electrons. The Hall–Kier alpha value is -2.62. The van der Waals surface area contributed by atoms with Crippen LogP contribution in [0.5, 0.6) is 0 Å². The van der Waals surface area contributed by atoms with Gasteiger partial charge in [0.2, 0.25) is 0 Å². The standard InChI is InChI=1S/C29H34N4/c1-7-15-32(16-8-1)19-30-27-25-21-11-3-5-13-23(21)29(25)24-14-6-4-12-22(24)26(29)28(27)31-20-33-17-9-2-10-18-33/h3-6,11-14,19-20,25-28H,1-2,7-10,15-18H2/t25?,26?,27-,28-,29?/m1/s1. The molecule has 0 N–H and O–H groups in total. The Morgan fingerprint density at radius 3 is 1.48 bits per heavy atom. The van der Waals surface area contributed by atoms with E-state index in [0.29, 0.717) is 11.8 Å². The highest BCUT2D eigenvalue weighted by molar-refractivity contribution is 5.74. The van der Waals surface area contributed by atoms with E-state index < -0.39 is 0 Å². The summed E-state index contributed by atoms with van der Waals surface area (Å²) in [6.45, 7) is 4.59. The molecule has 33 heavy (non-hydrogen) atoms. The second kappa shape index (κ2) is 7.72. The van der Waals surface area contributed by atoms with Gasteiger partial charge in [0.15, 0.2) is 0 Å². The SMILES string of the molecule is C(=N[C@@H]1C2c3ccccc3C23c2ccccc2C3[C@H]1N=CN1CCCCC1)N1CCCCC1. The van der Waals surface area contributed by atoms with Gasteiger partial charge in [0.25, 0.3) is 0 Å². The van der Waals surface area contributed by atoms with Crippen molar-refractivity contribution in [2.45, 2.75) is 67.9 Å². The van der Waals surface area contributed by atoms with Gasteiger partial charge in [-0.1, -0.05) is 48.5 Å². The number of rotatable bonds is 4. The minimum atomic E-state index is 0.112. The molecular formula is C29H34N4. The molecule has 1 saturated carbocycles. The van der Waals surface area contributed by atoms with E-state index in [0.717, 1.165) is 26.2 Å². The molecule has 0 bridgehead atoms. The van der Waals surface area contributed by atoms with Crippen LogP contribution < -0.4 is 0 Å². The van der Waals surface area contributed by atoms with E-state index in [1.54, 1.807) is 0 Å². The molecule has 1 spiro atoms. The number of piperidine rings is 2. The van der Waals surface area contributed by atoms with Crippen LogP contribution in [-0.2, 0) is 5.41 Å². The molecule has 4 heteroatoms. The third-order valence-electron chi connectivity index (χ3n) is 9.08. The molecule has 2 saturated heterocycles. The fourth-order valence-corrected chi connectivity index (χ4v) is 7.69. The van der Waals surface area contributed by atoms with Gasteiger partial charge in [-0.15, -0.1) is 0 Å². The number of aliphatic imine (C=N–C) groups is 2. The predicted molar refractivity (Wildman–Crippen MR) is 135 cm³/mol. The third-order valence-corrected chi connectivity index (χ3v) is 9.08. The summed E-state index contributed by atoms with van der Waals surface area (Å²) >= 11 is 0. The lowest BCUT2D eigenvalue weighted by atomic mass is 9.43. The molecule has 0 amide bonds. The lowest BCUT2D eigenvalue weighted by Crippen LogP contribution is -2.53.